The quantitative estimate of drug-likeness (QED) is 0.684. The molecule has 2 fully saturated rings. The third-order valence-corrected chi connectivity index (χ3v) is 9.88. The normalized spacial score (nSPS) is 23.2. The summed E-state index contributed by atoms with van der Waals surface area (Å²) in [6.07, 6.45) is 3.36. The highest BCUT2D eigenvalue weighted by atomic mass is 35.5. The van der Waals surface area contributed by atoms with Crippen molar-refractivity contribution in [2.75, 3.05) is 6.54 Å². The number of rotatable bonds is 4. The number of sulfonamides is 1. The van der Waals surface area contributed by atoms with Gasteiger partial charge in [0.25, 0.3) is 0 Å². The van der Waals surface area contributed by atoms with Gasteiger partial charge in [-0.2, -0.15) is 4.31 Å². The Hall–Kier alpha value is -1.74. The maximum atomic E-state index is 13.4. The van der Waals surface area contributed by atoms with Crippen molar-refractivity contribution in [1.82, 2.24) is 4.31 Å². The van der Waals surface area contributed by atoms with Gasteiger partial charge in [0.2, 0.25) is 19.9 Å². The van der Waals surface area contributed by atoms with Gasteiger partial charge >= 0.3 is 0 Å². The van der Waals surface area contributed by atoms with Crippen LogP contribution >= 0.6 is 11.6 Å². The standard InChI is InChI=1S/C21H22ClNO5S2/c22-15-8-10-16(11-9-15)29(25,26)17-4-3-5-18(14-17)30(27,28)23-13-12-21(24)19-6-1-2-7-20(19)23/h3-5,8-11,14,19-20H,1-2,6-7,12-13H2/t19-,20+/m0/s1. The summed E-state index contributed by atoms with van der Waals surface area (Å²) >= 11 is 5.84. The molecule has 0 radical (unpaired) electrons. The van der Waals surface area contributed by atoms with Gasteiger partial charge < -0.3 is 0 Å². The van der Waals surface area contributed by atoms with E-state index in [9.17, 15) is 21.6 Å². The SMILES string of the molecule is O=C1CCN(S(=O)(=O)c2cccc(S(=O)(=O)c3ccc(Cl)cc3)c2)[C@@H]2CCCC[C@H]12. The average molecular weight is 468 g/mol. The van der Waals surface area contributed by atoms with Crippen molar-refractivity contribution in [3.63, 3.8) is 0 Å². The molecular formula is C21H22ClNO5S2. The largest absolute Gasteiger partial charge is 0.299 e. The summed E-state index contributed by atoms with van der Waals surface area (Å²) in [5, 5.41) is 0.409. The fraction of sp³-hybridized carbons (Fsp3) is 0.381. The summed E-state index contributed by atoms with van der Waals surface area (Å²) in [7, 11) is -7.83. The number of nitrogens with zero attached hydrogens (tertiary/aromatic N) is 1. The van der Waals surface area contributed by atoms with Crippen LogP contribution in [0.4, 0.5) is 0 Å². The molecule has 1 aliphatic carbocycles. The van der Waals surface area contributed by atoms with E-state index in [4.69, 9.17) is 11.6 Å². The predicted molar refractivity (Wildman–Crippen MR) is 113 cm³/mol. The van der Waals surface area contributed by atoms with Gasteiger partial charge in [-0.25, -0.2) is 16.8 Å². The molecule has 1 aliphatic heterocycles. The first-order valence-corrected chi connectivity index (χ1v) is 13.2. The molecule has 6 nitrogen and oxygen atoms in total. The second-order valence-electron chi connectivity index (χ2n) is 7.72. The van der Waals surface area contributed by atoms with E-state index in [0.29, 0.717) is 17.9 Å². The zero-order valence-electron chi connectivity index (χ0n) is 16.2. The van der Waals surface area contributed by atoms with Crippen molar-refractivity contribution >= 4 is 37.2 Å². The number of sulfone groups is 1. The fourth-order valence-corrected chi connectivity index (χ4v) is 7.63. The smallest absolute Gasteiger partial charge is 0.243 e. The summed E-state index contributed by atoms with van der Waals surface area (Å²) in [6, 6.07) is 10.8. The molecule has 0 bridgehead atoms. The molecule has 0 N–H and O–H groups in total. The van der Waals surface area contributed by atoms with E-state index in [-0.39, 0.29) is 45.4 Å². The van der Waals surface area contributed by atoms with Crippen molar-refractivity contribution < 1.29 is 21.6 Å². The molecule has 2 aliphatic rings. The Kier molecular flexibility index (Phi) is 5.78. The van der Waals surface area contributed by atoms with Crippen LogP contribution in [0.3, 0.4) is 0 Å². The lowest BCUT2D eigenvalue weighted by atomic mass is 9.79. The second kappa shape index (κ2) is 8.07. The van der Waals surface area contributed by atoms with Crippen LogP contribution in [0.1, 0.15) is 32.1 Å². The minimum atomic E-state index is -3.93. The fourth-order valence-electron chi connectivity index (χ4n) is 4.39. The number of ketones is 1. The summed E-state index contributed by atoms with van der Waals surface area (Å²) < 4.78 is 54.2. The molecule has 1 saturated heterocycles. The third-order valence-electron chi connectivity index (χ3n) is 5.94. The zero-order chi connectivity index (χ0) is 21.5. The molecule has 0 aromatic heterocycles. The van der Waals surface area contributed by atoms with Gasteiger partial charge in [-0.1, -0.05) is 30.5 Å². The molecule has 2 atom stereocenters. The Balaban J connectivity index is 1.71. The predicted octanol–water partition coefficient (Wildman–Crippen LogP) is 3.70. The molecule has 4 rings (SSSR count). The highest BCUT2D eigenvalue weighted by molar-refractivity contribution is 7.91. The Bertz CT molecular complexity index is 1180. The number of halogens is 1. The first kappa shape index (κ1) is 21.5. The molecular weight excluding hydrogens is 446 g/mol. The van der Waals surface area contributed by atoms with Gasteiger partial charge in [-0.15, -0.1) is 0 Å². The molecule has 2 aromatic rings. The minimum Gasteiger partial charge on any atom is -0.299 e. The van der Waals surface area contributed by atoms with E-state index in [0.717, 1.165) is 12.8 Å². The molecule has 0 unspecified atom stereocenters. The van der Waals surface area contributed by atoms with Crippen LogP contribution in [-0.4, -0.2) is 39.5 Å². The Morgan fingerprint density at radius 1 is 0.867 bits per heavy atom. The molecule has 1 saturated carbocycles. The van der Waals surface area contributed by atoms with Gasteiger partial charge in [0.15, 0.2) is 0 Å². The number of fused-ring (bicyclic) bond motifs is 1. The monoisotopic (exact) mass is 467 g/mol. The Morgan fingerprint density at radius 3 is 2.27 bits per heavy atom. The van der Waals surface area contributed by atoms with Gasteiger partial charge in [-0.3, -0.25) is 4.79 Å². The van der Waals surface area contributed by atoms with E-state index in [1.165, 1.54) is 52.8 Å². The highest BCUT2D eigenvalue weighted by Gasteiger charge is 2.44. The van der Waals surface area contributed by atoms with Crippen LogP contribution < -0.4 is 0 Å². The maximum Gasteiger partial charge on any atom is 0.243 e. The minimum absolute atomic E-state index is 0.0392. The summed E-state index contributed by atoms with van der Waals surface area (Å²) in [5.74, 6) is -0.131. The summed E-state index contributed by atoms with van der Waals surface area (Å²) in [5.41, 5.74) is 0. The lowest BCUT2D eigenvalue weighted by Crippen LogP contribution is -2.53. The van der Waals surface area contributed by atoms with Crippen molar-refractivity contribution in [3.05, 3.63) is 53.6 Å². The van der Waals surface area contributed by atoms with Crippen molar-refractivity contribution in [2.24, 2.45) is 5.92 Å². The number of Topliss-reactive ketones (excluding diaryl/α,β-unsaturated/α-hetero) is 1. The van der Waals surface area contributed by atoms with Crippen LogP contribution in [0.15, 0.2) is 63.2 Å². The molecule has 2 aromatic carbocycles. The number of piperidine rings is 1. The highest BCUT2D eigenvalue weighted by Crippen LogP contribution is 2.37. The molecule has 30 heavy (non-hydrogen) atoms. The van der Waals surface area contributed by atoms with Crippen LogP contribution in [-0.2, 0) is 24.7 Å². The van der Waals surface area contributed by atoms with E-state index >= 15 is 0 Å². The van der Waals surface area contributed by atoms with Gasteiger partial charge in [0.1, 0.15) is 5.78 Å². The van der Waals surface area contributed by atoms with E-state index in [1.807, 2.05) is 0 Å². The van der Waals surface area contributed by atoms with Crippen molar-refractivity contribution in [1.29, 1.82) is 0 Å². The number of carbonyl (C=O) groups excluding carboxylic acids is 1. The Labute approximate surface area is 181 Å². The molecule has 1 heterocycles. The number of carbonyl (C=O) groups is 1. The van der Waals surface area contributed by atoms with E-state index in [1.54, 1.807) is 0 Å². The first-order valence-electron chi connectivity index (χ1n) is 9.86. The van der Waals surface area contributed by atoms with Crippen LogP contribution in [0.2, 0.25) is 5.02 Å². The van der Waals surface area contributed by atoms with Crippen LogP contribution in [0.25, 0.3) is 0 Å². The molecule has 9 heteroatoms. The van der Waals surface area contributed by atoms with Gasteiger partial charge in [0, 0.05) is 29.9 Å². The summed E-state index contributed by atoms with van der Waals surface area (Å²) in [4.78, 5) is 12.2. The van der Waals surface area contributed by atoms with Gasteiger partial charge in [-0.05, 0) is 55.3 Å². The van der Waals surface area contributed by atoms with E-state index < -0.39 is 19.9 Å². The number of hydrogen-bond donors (Lipinski definition) is 0. The van der Waals surface area contributed by atoms with Crippen LogP contribution in [0, 0.1) is 5.92 Å². The summed E-state index contributed by atoms with van der Waals surface area (Å²) in [6.45, 7) is 0.135. The lowest BCUT2D eigenvalue weighted by Gasteiger charge is -2.42. The van der Waals surface area contributed by atoms with Crippen molar-refractivity contribution in [2.45, 2.75) is 52.8 Å². The molecule has 0 amide bonds. The van der Waals surface area contributed by atoms with Gasteiger partial charge in [0.05, 0.1) is 14.7 Å². The molecule has 0 spiro atoms. The molecule has 160 valence electrons. The zero-order valence-corrected chi connectivity index (χ0v) is 18.6. The average Bonchev–Trinajstić information content (AvgIpc) is 2.74. The van der Waals surface area contributed by atoms with Crippen molar-refractivity contribution in [3.8, 4) is 0 Å². The third kappa shape index (κ3) is 3.82. The number of hydrogen-bond acceptors (Lipinski definition) is 5. The topological polar surface area (TPSA) is 88.6 Å². The van der Waals surface area contributed by atoms with Crippen LogP contribution in [0.5, 0.6) is 0 Å². The maximum absolute atomic E-state index is 13.4. The second-order valence-corrected chi connectivity index (χ2v) is 12.0. The Morgan fingerprint density at radius 2 is 1.53 bits per heavy atom. The van der Waals surface area contributed by atoms with E-state index in [2.05, 4.69) is 0 Å². The lowest BCUT2D eigenvalue weighted by molar-refractivity contribution is -0.128. The number of benzene rings is 2. The first-order chi connectivity index (χ1) is 14.2.